The molecule has 1 saturated heterocycles. The van der Waals surface area contributed by atoms with Crippen molar-refractivity contribution in [1.29, 1.82) is 0 Å². The van der Waals surface area contributed by atoms with E-state index >= 15 is 0 Å². The van der Waals surface area contributed by atoms with E-state index in [0.717, 1.165) is 24.9 Å². The molecule has 7 heteroatoms. The van der Waals surface area contributed by atoms with Crippen molar-refractivity contribution in [1.82, 2.24) is 10.6 Å². The van der Waals surface area contributed by atoms with Gasteiger partial charge in [-0.25, -0.2) is 8.78 Å². The summed E-state index contributed by atoms with van der Waals surface area (Å²) >= 11 is 0. The molecule has 1 spiro atoms. The molecular formula is C25H40F2N2O2Si. The van der Waals surface area contributed by atoms with Gasteiger partial charge in [0.05, 0.1) is 6.61 Å². The maximum absolute atomic E-state index is 14.9. The summed E-state index contributed by atoms with van der Waals surface area (Å²) in [6.07, 6.45) is 6.92. The zero-order valence-electron chi connectivity index (χ0n) is 20.3. The van der Waals surface area contributed by atoms with Crippen LogP contribution in [-0.2, 0) is 4.43 Å². The van der Waals surface area contributed by atoms with Gasteiger partial charge in [0.15, 0.2) is 25.7 Å². The Morgan fingerprint density at radius 1 is 1.03 bits per heavy atom. The summed E-state index contributed by atoms with van der Waals surface area (Å²) in [5.74, 6) is -1.40. The third-order valence-corrected chi connectivity index (χ3v) is 13.0. The predicted molar refractivity (Wildman–Crippen MR) is 127 cm³/mol. The Balaban J connectivity index is 1.39. The van der Waals surface area contributed by atoms with Crippen molar-refractivity contribution in [2.75, 3.05) is 19.8 Å². The van der Waals surface area contributed by atoms with E-state index in [2.05, 4.69) is 44.5 Å². The van der Waals surface area contributed by atoms with Crippen LogP contribution in [0.3, 0.4) is 0 Å². The van der Waals surface area contributed by atoms with Gasteiger partial charge in [0, 0.05) is 30.1 Å². The van der Waals surface area contributed by atoms with E-state index in [-0.39, 0.29) is 28.9 Å². The van der Waals surface area contributed by atoms with E-state index < -0.39 is 20.0 Å². The summed E-state index contributed by atoms with van der Waals surface area (Å²) in [5, 5.41) is 7.70. The van der Waals surface area contributed by atoms with Crippen LogP contribution in [0.4, 0.5) is 8.78 Å². The average molecular weight is 467 g/mol. The van der Waals surface area contributed by atoms with Crippen molar-refractivity contribution in [3.05, 3.63) is 29.3 Å². The highest BCUT2D eigenvalue weighted by Crippen LogP contribution is 2.49. The fraction of sp³-hybridized carbons (Fsp3) is 0.760. The van der Waals surface area contributed by atoms with Crippen LogP contribution >= 0.6 is 0 Å². The molecule has 4 nitrogen and oxygen atoms in total. The topological polar surface area (TPSA) is 42.5 Å². The second kappa shape index (κ2) is 8.97. The van der Waals surface area contributed by atoms with E-state index in [9.17, 15) is 8.78 Å². The average Bonchev–Trinajstić information content (AvgIpc) is 2.70. The van der Waals surface area contributed by atoms with Gasteiger partial charge in [0.25, 0.3) is 0 Å². The van der Waals surface area contributed by atoms with Gasteiger partial charge in [-0.15, -0.1) is 0 Å². The van der Waals surface area contributed by atoms with Crippen LogP contribution in [-0.4, -0.2) is 45.7 Å². The van der Waals surface area contributed by atoms with Gasteiger partial charge in [-0.2, -0.15) is 0 Å². The molecule has 3 aliphatic rings. The summed E-state index contributed by atoms with van der Waals surface area (Å²) in [7, 11) is -1.91. The van der Waals surface area contributed by atoms with Crippen LogP contribution in [0, 0.1) is 11.6 Å². The van der Waals surface area contributed by atoms with Crippen LogP contribution in [0.5, 0.6) is 5.75 Å². The van der Waals surface area contributed by atoms with Crippen molar-refractivity contribution in [3.63, 3.8) is 0 Å². The number of ether oxygens (including phenoxy) is 1. The highest BCUT2D eigenvalue weighted by Gasteiger charge is 2.52. The zero-order chi connectivity index (χ0) is 23.1. The molecule has 1 aromatic carbocycles. The molecule has 2 N–H and O–H groups in total. The summed E-state index contributed by atoms with van der Waals surface area (Å²) in [6, 6.07) is 3.97. The highest BCUT2D eigenvalue weighted by atomic mass is 28.4. The minimum Gasteiger partial charge on any atom is -0.485 e. The molecule has 0 bridgehead atoms. The molecule has 4 unspecified atom stereocenters. The van der Waals surface area contributed by atoms with Crippen LogP contribution in [0.15, 0.2) is 12.1 Å². The molecule has 2 saturated carbocycles. The van der Waals surface area contributed by atoms with Crippen LogP contribution < -0.4 is 15.4 Å². The predicted octanol–water partition coefficient (Wildman–Crippen LogP) is 5.49. The molecule has 0 amide bonds. The Labute approximate surface area is 193 Å². The molecule has 0 aromatic heterocycles. The first-order chi connectivity index (χ1) is 15.0. The van der Waals surface area contributed by atoms with E-state index in [0.29, 0.717) is 18.7 Å². The first-order valence-electron chi connectivity index (χ1n) is 12.3. The van der Waals surface area contributed by atoms with Gasteiger partial charge in [-0.05, 0) is 61.5 Å². The molecule has 3 fully saturated rings. The Bertz CT molecular complexity index is 806. The van der Waals surface area contributed by atoms with Crippen molar-refractivity contribution in [2.45, 2.75) is 101 Å². The van der Waals surface area contributed by atoms with Gasteiger partial charge in [-0.1, -0.05) is 33.6 Å². The second-order valence-electron chi connectivity index (χ2n) is 11.5. The normalized spacial score (nSPS) is 30.7. The number of fused-ring (bicyclic) bond motifs is 1. The molecule has 1 aromatic rings. The zero-order valence-corrected chi connectivity index (χ0v) is 21.3. The van der Waals surface area contributed by atoms with Gasteiger partial charge in [-0.3, -0.25) is 0 Å². The molecule has 0 radical (unpaired) electrons. The van der Waals surface area contributed by atoms with Crippen molar-refractivity contribution in [3.8, 4) is 5.75 Å². The first kappa shape index (κ1) is 24.1. The molecule has 4 rings (SSSR count). The van der Waals surface area contributed by atoms with Crippen molar-refractivity contribution >= 4 is 8.32 Å². The Kier molecular flexibility index (Phi) is 6.76. The lowest BCUT2D eigenvalue weighted by Gasteiger charge is -2.57. The van der Waals surface area contributed by atoms with Crippen molar-refractivity contribution < 1.29 is 17.9 Å². The summed E-state index contributed by atoms with van der Waals surface area (Å²) in [4.78, 5) is 0. The number of rotatable bonds is 6. The largest absolute Gasteiger partial charge is 0.485 e. The number of benzene rings is 1. The molecule has 32 heavy (non-hydrogen) atoms. The third kappa shape index (κ3) is 4.63. The fourth-order valence-corrected chi connectivity index (χ4v) is 6.39. The van der Waals surface area contributed by atoms with Crippen LogP contribution in [0.2, 0.25) is 18.1 Å². The lowest BCUT2D eigenvalue weighted by atomic mass is 9.61. The number of hydrogen-bond donors (Lipinski definition) is 2. The highest BCUT2D eigenvalue weighted by molar-refractivity contribution is 6.74. The molecule has 1 aliphatic heterocycles. The van der Waals surface area contributed by atoms with E-state index in [4.69, 9.17) is 9.16 Å². The molecule has 2 aliphatic carbocycles. The van der Waals surface area contributed by atoms with Crippen LogP contribution in [0.25, 0.3) is 0 Å². The minimum absolute atomic E-state index is 0.0865. The van der Waals surface area contributed by atoms with E-state index in [1.54, 1.807) is 0 Å². The maximum atomic E-state index is 14.9. The van der Waals surface area contributed by atoms with E-state index in [1.165, 1.54) is 37.8 Å². The quantitative estimate of drug-likeness (QED) is 0.430. The maximum Gasteiger partial charge on any atom is 0.192 e. The fourth-order valence-electron chi connectivity index (χ4n) is 5.36. The van der Waals surface area contributed by atoms with Gasteiger partial charge >= 0.3 is 0 Å². The second-order valence-corrected chi connectivity index (χ2v) is 16.4. The summed E-state index contributed by atoms with van der Waals surface area (Å²) < 4.78 is 41.3. The lowest BCUT2D eigenvalue weighted by Crippen LogP contribution is -2.73. The summed E-state index contributed by atoms with van der Waals surface area (Å²) in [5.41, 5.74) is 0.649. The first-order valence-corrected chi connectivity index (χ1v) is 15.2. The summed E-state index contributed by atoms with van der Waals surface area (Å²) in [6.45, 7) is 12.1. The smallest absolute Gasteiger partial charge is 0.192 e. The van der Waals surface area contributed by atoms with Crippen LogP contribution in [0.1, 0.15) is 70.8 Å². The number of nitrogens with one attached hydrogen (secondary N) is 2. The lowest BCUT2D eigenvalue weighted by molar-refractivity contribution is 0.0588. The Morgan fingerprint density at radius 3 is 2.28 bits per heavy atom. The SMILES string of the molecule is CC(C)(C)[Si](C)(C)OCCOc1c(F)cc(C2CCC23CNC2CCCCC2N3)cc1F. The van der Waals surface area contributed by atoms with Crippen molar-refractivity contribution in [2.24, 2.45) is 0 Å². The van der Waals surface area contributed by atoms with Gasteiger partial charge < -0.3 is 19.8 Å². The number of halogens is 2. The molecule has 180 valence electrons. The Hall–Kier alpha value is -1.02. The monoisotopic (exact) mass is 466 g/mol. The standard InChI is InChI=1S/C25H40F2N2O2Si/c1-24(2,3)32(4,5)31-13-12-30-23-19(26)14-17(15-20(23)27)18-10-11-25(18)16-28-21-8-6-7-9-22(21)29-25/h14-15,18,21-22,28-29H,6-13,16H2,1-5H3. The molecule has 4 atom stereocenters. The minimum atomic E-state index is -1.91. The third-order valence-electron chi connectivity index (χ3n) is 8.49. The molecular weight excluding hydrogens is 426 g/mol. The number of piperazine rings is 1. The number of hydrogen-bond acceptors (Lipinski definition) is 4. The molecule has 1 heterocycles. The van der Waals surface area contributed by atoms with Gasteiger partial charge in [0.2, 0.25) is 0 Å². The van der Waals surface area contributed by atoms with Gasteiger partial charge in [0.1, 0.15) is 6.61 Å². The van der Waals surface area contributed by atoms with E-state index in [1.807, 2.05) is 0 Å². The Morgan fingerprint density at radius 2 is 1.69 bits per heavy atom.